The third-order valence-corrected chi connectivity index (χ3v) is 3.68. The van der Waals surface area contributed by atoms with Crippen molar-refractivity contribution < 1.29 is 5.11 Å². The molecule has 0 aliphatic carbocycles. The quantitative estimate of drug-likeness (QED) is 0.864. The number of aliphatic hydroxyl groups excluding tert-OH is 1. The zero-order valence-corrected chi connectivity index (χ0v) is 10.9. The summed E-state index contributed by atoms with van der Waals surface area (Å²) in [5, 5.41) is 9.12. The van der Waals surface area contributed by atoms with E-state index in [0.29, 0.717) is 18.4 Å². The van der Waals surface area contributed by atoms with E-state index in [0.717, 1.165) is 26.1 Å². The molecule has 0 amide bonds. The molecule has 2 heteroatoms. The van der Waals surface area contributed by atoms with Crippen LogP contribution in [-0.2, 0) is 6.54 Å². The van der Waals surface area contributed by atoms with Crippen molar-refractivity contribution in [2.45, 2.75) is 32.7 Å². The fourth-order valence-electron chi connectivity index (χ4n) is 2.47. The molecule has 1 heterocycles. The van der Waals surface area contributed by atoms with Gasteiger partial charge >= 0.3 is 0 Å². The molecule has 0 unspecified atom stereocenters. The molecule has 0 bridgehead atoms. The van der Waals surface area contributed by atoms with Crippen molar-refractivity contribution in [3.8, 4) is 0 Å². The number of hydrogen-bond donors (Lipinski definition) is 1. The van der Waals surface area contributed by atoms with Gasteiger partial charge in [-0.1, -0.05) is 38.1 Å². The van der Waals surface area contributed by atoms with Crippen LogP contribution in [0.25, 0.3) is 0 Å². The molecule has 0 saturated carbocycles. The van der Waals surface area contributed by atoms with Crippen LogP contribution in [0.5, 0.6) is 0 Å². The second-order valence-electron chi connectivity index (χ2n) is 5.47. The van der Waals surface area contributed by atoms with Gasteiger partial charge in [0.15, 0.2) is 0 Å². The molecule has 0 aromatic heterocycles. The Morgan fingerprint density at radius 3 is 2.53 bits per heavy atom. The standard InChI is InChI=1S/C15H23NO/c1-12(2)15-5-3-13(4-6-15)9-16-8-7-14(10-16)11-17/h3-6,12,14,17H,7-11H2,1-2H3/t14-/m1/s1. The summed E-state index contributed by atoms with van der Waals surface area (Å²) in [5.74, 6) is 1.10. The average Bonchev–Trinajstić information content (AvgIpc) is 2.77. The third kappa shape index (κ3) is 3.30. The molecule has 2 rings (SSSR count). The fraction of sp³-hybridized carbons (Fsp3) is 0.600. The SMILES string of the molecule is CC(C)c1ccc(CN2CC[C@@H](CO)C2)cc1. The Labute approximate surface area is 104 Å². The minimum Gasteiger partial charge on any atom is -0.396 e. The highest BCUT2D eigenvalue weighted by molar-refractivity contribution is 5.24. The van der Waals surface area contributed by atoms with Gasteiger partial charge < -0.3 is 5.11 Å². The lowest BCUT2D eigenvalue weighted by molar-refractivity contribution is 0.220. The summed E-state index contributed by atoms with van der Waals surface area (Å²) in [5.41, 5.74) is 2.79. The van der Waals surface area contributed by atoms with Gasteiger partial charge in [0.25, 0.3) is 0 Å². The van der Waals surface area contributed by atoms with Crippen molar-refractivity contribution in [2.24, 2.45) is 5.92 Å². The van der Waals surface area contributed by atoms with Crippen LogP contribution in [0.4, 0.5) is 0 Å². The van der Waals surface area contributed by atoms with E-state index in [9.17, 15) is 0 Å². The van der Waals surface area contributed by atoms with Gasteiger partial charge in [0.05, 0.1) is 0 Å². The van der Waals surface area contributed by atoms with E-state index in [1.165, 1.54) is 11.1 Å². The molecule has 1 aliphatic rings. The van der Waals surface area contributed by atoms with Crippen LogP contribution in [0.3, 0.4) is 0 Å². The molecule has 1 atom stereocenters. The summed E-state index contributed by atoms with van der Waals surface area (Å²) in [6.45, 7) is 7.97. The largest absolute Gasteiger partial charge is 0.396 e. The molecule has 1 aliphatic heterocycles. The van der Waals surface area contributed by atoms with Crippen molar-refractivity contribution >= 4 is 0 Å². The third-order valence-electron chi connectivity index (χ3n) is 3.68. The number of likely N-dealkylation sites (tertiary alicyclic amines) is 1. The van der Waals surface area contributed by atoms with E-state index in [1.54, 1.807) is 0 Å². The highest BCUT2D eigenvalue weighted by Gasteiger charge is 2.21. The highest BCUT2D eigenvalue weighted by atomic mass is 16.3. The van der Waals surface area contributed by atoms with Gasteiger partial charge in [0, 0.05) is 19.7 Å². The topological polar surface area (TPSA) is 23.5 Å². The van der Waals surface area contributed by atoms with E-state index < -0.39 is 0 Å². The van der Waals surface area contributed by atoms with E-state index in [-0.39, 0.29) is 0 Å². The molecule has 1 aromatic rings. The molecular formula is C15H23NO. The first-order valence-electron chi connectivity index (χ1n) is 6.61. The lowest BCUT2D eigenvalue weighted by Gasteiger charge is -2.16. The van der Waals surface area contributed by atoms with Crippen molar-refractivity contribution in [3.05, 3.63) is 35.4 Å². The normalized spacial score (nSPS) is 21.3. The summed E-state index contributed by atoms with van der Waals surface area (Å²) < 4.78 is 0. The van der Waals surface area contributed by atoms with Gasteiger partial charge in [-0.15, -0.1) is 0 Å². The summed E-state index contributed by atoms with van der Waals surface area (Å²) in [6, 6.07) is 8.95. The van der Waals surface area contributed by atoms with Crippen molar-refractivity contribution in [3.63, 3.8) is 0 Å². The Hall–Kier alpha value is -0.860. The molecule has 1 N–H and O–H groups in total. The monoisotopic (exact) mass is 233 g/mol. The Morgan fingerprint density at radius 1 is 1.29 bits per heavy atom. The van der Waals surface area contributed by atoms with Crippen LogP contribution in [0.2, 0.25) is 0 Å². The molecule has 1 aromatic carbocycles. The first kappa shape index (κ1) is 12.6. The lowest BCUT2D eigenvalue weighted by Crippen LogP contribution is -2.20. The number of aliphatic hydroxyl groups is 1. The van der Waals surface area contributed by atoms with Crippen molar-refractivity contribution in [2.75, 3.05) is 19.7 Å². The van der Waals surface area contributed by atoms with E-state index >= 15 is 0 Å². The smallest absolute Gasteiger partial charge is 0.0471 e. The zero-order valence-electron chi connectivity index (χ0n) is 10.9. The average molecular weight is 233 g/mol. The molecule has 2 nitrogen and oxygen atoms in total. The minimum absolute atomic E-state index is 0.336. The number of benzene rings is 1. The second kappa shape index (κ2) is 5.65. The molecule has 17 heavy (non-hydrogen) atoms. The Bertz CT molecular complexity index is 344. The van der Waals surface area contributed by atoms with Gasteiger partial charge in [-0.2, -0.15) is 0 Å². The second-order valence-corrected chi connectivity index (χ2v) is 5.47. The molecule has 0 spiro atoms. The molecular weight excluding hydrogens is 210 g/mol. The summed E-state index contributed by atoms with van der Waals surface area (Å²) in [7, 11) is 0. The van der Waals surface area contributed by atoms with E-state index in [2.05, 4.69) is 43.0 Å². The van der Waals surface area contributed by atoms with E-state index in [1.807, 2.05) is 0 Å². The fourth-order valence-corrected chi connectivity index (χ4v) is 2.47. The number of hydrogen-bond acceptors (Lipinski definition) is 2. The highest BCUT2D eigenvalue weighted by Crippen LogP contribution is 2.19. The van der Waals surface area contributed by atoms with Crippen LogP contribution >= 0.6 is 0 Å². The van der Waals surface area contributed by atoms with Gasteiger partial charge in [0.2, 0.25) is 0 Å². The Balaban J connectivity index is 1.91. The maximum Gasteiger partial charge on any atom is 0.0471 e. The Morgan fingerprint density at radius 2 is 2.00 bits per heavy atom. The molecule has 0 radical (unpaired) electrons. The molecule has 1 fully saturated rings. The molecule has 94 valence electrons. The molecule has 1 saturated heterocycles. The zero-order chi connectivity index (χ0) is 12.3. The van der Waals surface area contributed by atoms with Gasteiger partial charge in [0.1, 0.15) is 0 Å². The van der Waals surface area contributed by atoms with Crippen molar-refractivity contribution in [1.29, 1.82) is 0 Å². The van der Waals surface area contributed by atoms with Crippen LogP contribution in [-0.4, -0.2) is 29.7 Å². The first-order chi connectivity index (χ1) is 8.19. The van der Waals surface area contributed by atoms with Crippen LogP contribution in [0.1, 0.15) is 37.3 Å². The van der Waals surface area contributed by atoms with E-state index in [4.69, 9.17) is 5.11 Å². The van der Waals surface area contributed by atoms with Crippen LogP contribution in [0, 0.1) is 5.92 Å². The minimum atomic E-state index is 0.336. The first-order valence-corrected chi connectivity index (χ1v) is 6.61. The number of rotatable bonds is 4. The predicted molar refractivity (Wildman–Crippen MR) is 71.0 cm³/mol. The Kier molecular flexibility index (Phi) is 4.19. The van der Waals surface area contributed by atoms with Gasteiger partial charge in [-0.05, 0) is 35.9 Å². The van der Waals surface area contributed by atoms with Gasteiger partial charge in [-0.3, -0.25) is 4.90 Å². The summed E-state index contributed by atoms with van der Waals surface area (Å²) in [4.78, 5) is 2.44. The predicted octanol–water partition coefficient (Wildman–Crippen LogP) is 2.62. The maximum absolute atomic E-state index is 9.12. The van der Waals surface area contributed by atoms with Crippen LogP contribution < -0.4 is 0 Å². The summed E-state index contributed by atoms with van der Waals surface area (Å²) in [6.07, 6.45) is 1.14. The lowest BCUT2D eigenvalue weighted by atomic mass is 10.0. The van der Waals surface area contributed by atoms with Gasteiger partial charge in [-0.25, -0.2) is 0 Å². The maximum atomic E-state index is 9.12. The van der Waals surface area contributed by atoms with Crippen molar-refractivity contribution in [1.82, 2.24) is 4.90 Å². The van der Waals surface area contributed by atoms with Crippen LogP contribution in [0.15, 0.2) is 24.3 Å². The number of nitrogens with zero attached hydrogens (tertiary/aromatic N) is 1. The summed E-state index contributed by atoms with van der Waals surface area (Å²) >= 11 is 0.